The van der Waals surface area contributed by atoms with Crippen LogP contribution < -0.4 is 10.2 Å². The van der Waals surface area contributed by atoms with Gasteiger partial charge in [0.2, 0.25) is 0 Å². The van der Waals surface area contributed by atoms with Gasteiger partial charge in [-0.3, -0.25) is 9.59 Å². The van der Waals surface area contributed by atoms with Crippen molar-refractivity contribution in [2.45, 2.75) is 0 Å². The summed E-state index contributed by atoms with van der Waals surface area (Å²) in [5.41, 5.74) is 2.23. The van der Waals surface area contributed by atoms with Gasteiger partial charge in [-0.25, -0.2) is 4.90 Å². The summed E-state index contributed by atoms with van der Waals surface area (Å²) < 4.78 is 0. The maximum atomic E-state index is 12.3. The van der Waals surface area contributed by atoms with Crippen molar-refractivity contribution in [3.63, 3.8) is 0 Å². The molecule has 1 aliphatic heterocycles. The Morgan fingerprint density at radius 3 is 2.00 bits per heavy atom. The number of imide groups is 1. The molecule has 0 radical (unpaired) electrons. The third-order valence-electron chi connectivity index (χ3n) is 3.36. The first-order valence-corrected chi connectivity index (χ1v) is 6.65. The maximum absolute atomic E-state index is 12.3. The van der Waals surface area contributed by atoms with E-state index in [4.69, 9.17) is 5.11 Å². The van der Waals surface area contributed by atoms with E-state index in [1.807, 2.05) is 0 Å². The van der Waals surface area contributed by atoms with Crippen molar-refractivity contribution >= 4 is 23.2 Å². The van der Waals surface area contributed by atoms with Crippen molar-refractivity contribution in [3.05, 3.63) is 59.7 Å². The Labute approximate surface area is 121 Å². The molecule has 2 aromatic carbocycles. The number of benzene rings is 2. The van der Waals surface area contributed by atoms with Crippen LogP contribution in [0.15, 0.2) is 48.5 Å². The standard InChI is InChI=1S/C16H14N2O3/c19-10-9-17-11-5-7-12(8-6-11)18-15(20)13-3-1-2-4-14(13)16(18)21/h1-8,17,19H,9-10H2. The number of hydrogen-bond donors (Lipinski definition) is 2. The minimum Gasteiger partial charge on any atom is -0.395 e. The van der Waals surface area contributed by atoms with E-state index in [0.29, 0.717) is 23.4 Å². The molecule has 0 aliphatic carbocycles. The lowest BCUT2D eigenvalue weighted by atomic mass is 10.1. The summed E-state index contributed by atoms with van der Waals surface area (Å²) in [4.78, 5) is 25.8. The first-order valence-electron chi connectivity index (χ1n) is 6.65. The van der Waals surface area contributed by atoms with Gasteiger partial charge in [-0.15, -0.1) is 0 Å². The van der Waals surface area contributed by atoms with Crippen LogP contribution >= 0.6 is 0 Å². The van der Waals surface area contributed by atoms with Gasteiger partial charge in [-0.2, -0.15) is 0 Å². The number of carbonyl (C=O) groups excluding carboxylic acids is 2. The van der Waals surface area contributed by atoms with Crippen molar-refractivity contribution < 1.29 is 14.7 Å². The van der Waals surface area contributed by atoms with Crippen LogP contribution in [0.2, 0.25) is 0 Å². The van der Waals surface area contributed by atoms with Crippen molar-refractivity contribution in [1.29, 1.82) is 0 Å². The molecule has 0 aromatic heterocycles. The SMILES string of the molecule is O=C1c2ccccc2C(=O)N1c1ccc(NCCO)cc1. The van der Waals surface area contributed by atoms with E-state index in [-0.39, 0.29) is 18.4 Å². The molecule has 0 atom stereocenters. The number of carbonyl (C=O) groups is 2. The Balaban J connectivity index is 1.88. The average Bonchev–Trinajstić information content (AvgIpc) is 2.78. The summed E-state index contributed by atoms with van der Waals surface area (Å²) in [6, 6.07) is 13.8. The van der Waals surface area contributed by atoms with E-state index >= 15 is 0 Å². The summed E-state index contributed by atoms with van der Waals surface area (Å²) in [5.74, 6) is -0.599. The highest BCUT2D eigenvalue weighted by molar-refractivity contribution is 6.34. The third-order valence-corrected chi connectivity index (χ3v) is 3.36. The fourth-order valence-corrected chi connectivity index (χ4v) is 2.35. The molecule has 0 fully saturated rings. The summed E-state index contributed by atoms with van der Waals surface area (Å²) in [6.45, 7) is 0.493. The van der Waals surface area contributed by atoms with Crippen molar-refractivity contribution in [1.82, 2.24) is 0 Å². The van der Waals surface area contributed by atoms with E-state index in [0.717, 1.165) is 5.69 Å². The molecule has 2 amide bonds. The van der Waals surface area contributed by atoms with Crippen LogP contribution in [0, 0.1) is 0 Å². The topological polar surface area (TPSA) is 69.6 Å². The molecule has 106 valence electrons. The normalized spacial score (nSPS) is 13.5. The summed E-state index contributed by atoms with van der Waals surface area (Å²) in [5, 5.41) is 11.8. The van der Waals surface area contributed by atoms with Gasteiger partial charge in [0.05, 0.1) is 23.4 Å². The zero-order chi connectivity index (χ0) is 14.8. The molecule has 0 unspecified atom stereocenters. The fraction of sp³-hybridized carbons (Fsp3) is 0.125. The van der Waals surface area contributed by atoms with Crippen molar-refractivity contribution in [2.24, 2.45) is 0 Å². The number of amides is 2. The Morgan fingerprint density at radius 2 is 1.48 bits per heavy atom. The number of rotatable bonds is 4. The van der Waals surface area contributed by atoms with E-state index in [1.165, 1.54) is 4.90 Å². The number of fused-ring (bicyclic) bond motifs is 1. The lowest BCUT2D eigenvalue weighted by Gasteiger charge is -2.14. The van der Waals surface area contributed by atoms with Crippen LogP contribution in [-0.2, 0) is 0 Å². The molecule has 1 aliphatic rings. The fourth-order valence-electron chi connectivity index (χ4n) is 2.35. The number of aliphatic hydroxyl groups excluding tert-OH is 1. The van der Waals surface area contributed by atoms with Gasteiger partial charge < -0.3 is 10.4 Å². The monoisotopic (exact) mass is 282 g/mol. The van der Waals surface area contributed by atoms with Gasteiger partial charge in [0.25, 0.3) is 11.8 Å². The van der Waals surface area contributed by atoms with Gasteiger partial charge in [-0.1, -0.05) is 12.1 Å². The molecule has 5 heteroatoms. The molecular formula is C16H14N2O3. The van der Waals surface area contributed by atoms with Crippen LogP contribution in [0.4, 0.5) is 11.4 Å². The zero-order valence-electron chi connectivity index (χ0n) is 11.2. The molecule has 3 rings (SSSR count). The van der Waals surface area contributed by atoms with Gasteiger partial charge in [0, 0.05) is 12.2 Å². The van der Waals surface area contributed by atoms with E-state index in [1.54, 1.807) is 48.5 Å². The zero-order valence-corrected chi connectivity index (χ0v) is 11.2. The second-order valence-corrected chi connectivity index (χ2v) is 4.69. The van der Waals surface area contributed by atoms with Crippen LogP contribution in [0.1, 0.15) is 20.7 Å². The highest BCUT2D eigenvalue weighted by Crippen LogP contribution is 2.28. The molecule has 5 nitrogen and oxygen atoms in total. The number of aliphatic hydroxyl groups is 1. The molecule has 1 heterocycles. The molecule has 0 saturated heterocycles. The lowest BCUT2D eigenvalue weighted by molar-refractivity contribution is 0.0926. The van der Waals surface area contributed by atoms with Gasteiger partial charge in [0.15, 0.2) is 0 Å². The van der Waals surface area contributed by atoms with Crippen LogP contribution in [0.3, 0.4) is 0 Å². The number of hydrogen-bond acceptors (Lipinski definition) is 4. The van der Waals surface area contributed by atoms with Crippen LogP contribution in [0.25, 0.3) is 0 Å². The highest BCUT2D eigenvalue weighted by Gasteiger charge is 2.36. The molecule has 0 spiro atoms. The van der Waals surface area contributed by atoms with Crippen molar-refractivity contribution in [2.75, 3.05) is 23.4 Å². The average molecular weight is 282 g/mol. The Morgan fingerprint density at radius 1 is 0.905 bits per heavy atom. The largest absolute Gasteiger partial charge is 0.395 e. The Hall–Kier alpha value is -2.66. The molecular weight excluding hydrogens is 268 g/mol. The van der Waals surface area contributed by atoms with E-state index in [2.05, 4.69) is 5.32 Å². The minimum atomic E-state index is -0.299. The lowest BCUT2D eigenvalue weighted by Crippen LogP contribution is -2.29. The second-order valence-electron chi connectivity index (χ2n) is 4.69. The second kappa shape index (κ2) is 5.38. The third kappa shape index (κ3) is 2.28. The van der Waals surface area contributed by atoms with Gasteiger partial charge >= 0.3 is 0 Å². The first kappa shape index (κ1) is 13.3. The van der Waals surface area contributed by atoms with Gasteiger partial charge in [-0.05, 0) is 36.4 Å². The summed E-state index contributed by atoms with van der Waals surface area (Å²) >= 11 is 0. The van der Waals surface area contributed by atoms with E-state index in [9.17, 15) is 9.59 Å². The number of anilines is 2. The predicted octanol–water partition coefficient (Wildman–Crippen LogP) is 1.89. The minimum absolute atomic E-state index is 0.0418. The van der Waals surface area contributed by atoms with Gasteiger partial charge in [0.1, 0.15) is 0 Å². The van der Waals surface area contributed by atoms with Crippen LogP contribution in [0.5, 0.6) is 0 Å². The first-order chi connectivity index (χ1) is 10.2. The van der Waals surface area contributed by atoms with Crippen LogP contribution in [-0.4, -0.2) is 30.1 Å². The molecule has 2 N–H and O–H groups in total. The maximum Gasteiger partial charge on any atom is 0.266 e. The molecule has 2 aromatic rings. The highest BCUT2D eigenvalue weighted by atomic mass is 16.3. The predicted molar refractivity (Wildman–Crippen MR) is 79.6 cm³/mol. The summed E-state index contributed by atoms with van der Waals surface area (Å²) in [7, 11) is 0. The number of nitrogens with one attached hydrogen (secondary N) is 1. The Kier molecular flexibility index (Phi) is 3.41. The molecule has 21 heavy (non-hydrogen) atoms. The quantitative estimate of drug-likeness (QED) is 0.840. The molecule has 0 bridgehead atoms. The Bertz CT molecular complexity index is 660. The number of nitrogens with zero attached hydrogens (tertiary/aromatic N) is 1. The smallest absolute Gasteiger partial charge is 0.266 e. The molecule has 0 saturated carbocycles. The van der Waals surface area contributed by atoms with E-state index < -0.39 is 0 Å². The summed E-state index contributed by atoms with van der Waals surface area (Å²) in [6.07, 6.45) is 0. The van der Waals surface area contributed by atoms with Crippen molar-refractivity contribution in [3.8, 4) is 0 Å².